The topological polar surface area (TPSA) is 84.1 Å². The zero-order chi connectivity index (χ0) is 16.2. The molecule has 1 aliphatic rings. The SMILES string of the molecule is CCCOC(=O)NC1Cc2ccc(-c3ccc(=O)[nH]n3)cc2C1. The molecule has 0 radical (unpaired) electrons. The molecule has 6 heteroatoms. The van der Waals surface area contributed by atoms with Crippen LogP contribution in [-0.2, 0) is 17.6 Å². The third-order valence-electron chi connectivity index (χ3n) is 3.87. The van der Waals surface area contributed by atoms with Crippen LogP contribution in [0.4, 0.5) is 4.79 Å². The van der Waals surface area contributed by atoms with Crippen molar-refractivity contribution in [3.8, 4) is 11.3 Å². The Hall–Kier alpha value is -2.63. The van der Waals surface area contributed by atoms with Crippen molar-refractivity contribution in [3.63, 3.8) is 0 Å². The highest BCUT2D eigenvalue weighted by atomic mass is 16.5. The van der Waals surface area contributed by atoms with Crippen LogP contribution in [0.3, 0.4) is 0 Å². The van der Waals surface area contributed by atoms with Gasteiger partial charge in [0.25, 0.3) is 5.56 Å². The molecule has 0 aliphatic heterocycles. The van der Waals surface area contributed by atoms with Gasteiger partial charge in [-0.05, 0) is 42.5 Å². The molecule has 1 aliphatic carbocycles. The molecule has 3 rings (SSSR count). The molecule has 0 spiro atoms. The van der Waals surface area contributed by atoms with Gasteiger partial charge in [-0.1, -0.05) is 19.1 Å². The summed E-state index contributed by atoms with van der Waals surface area (Å²) in [6.45, 7) is 2.40. The summed E-state index contributed by atoms with van der Waals surface area (Å²) in [5, 5.41) is 9.39. The van der Waals surface area contributed by atoms with Gasteiger partial charge < -0.3 is 10.1 Å². The minimum Gasteiger partial charge on any atom is -0.450 e. The first-order chi connectivity index (χ1) is 11.2. The highest BCUT2D eigenvalue weighted by Crippen LogP contribution is 2.27. The van der Waals surface area contributed by atoms with Crippen LogP contribution in [-0.4, -0.2) is 28.9 Å². The Bertz CT molecular complexity index is 749. The van der Waals surface area contributed by atoms with Crippen LogP contribution in [0, 0.1) is 0 Å². The summed E-state index contributed by atoms with van der Waals surface area (Å²) >= 11 is 0. The van der Waals surface area contributed by atoms with Crippen molar-refractivity contribution in [3.05, 3.63) is 51.8 Å². The summed E-state index contributed by atoms with van der Waals surface area (Å²) in [5.41, 5.74) is 3.88. The molecule has 0 saturated carbocycles. The molecule has 1 unspecified atom stereocenters. The molecule has 6 nitrogen and oxygen atoms in total. The number of carbonyl (C=O) groups excluding carboxylic acids is 1. The van der Waals surface area contributed by atoms with E-state index in [1.807, 2.05) is 13.0 Å². The summed E-state index contributed by atoms with van der Waals surface area (Å²) in [7, 11) is 0. The van der Waals surface area contributed by atoms with Crippen LogP contribution in [0.2, 0.25) is 0 Å². The Kier molecular flexibility index (Phi) is 4.41. The second kappa shape index (κ2) is 6.64. The fourth-order valence-corrected chi connectivity index (χ4v) is 2.79. The van der Waals surface area contributed by atoms with Gasteiger partial charge >= 0.3 is 6.09 Å². The normalized spacial score (nSPS) is 16.0. The Balaban J connectivity index is 1.70. The molecular weight excluding hydrogens is 294 g/mol. The van der Waals surface area contributed by atoms with Gasteiger partial charge in [0.2, 0.25) is 0 Å². The number of aromatic nitrogens is 2. The number of fused-ring (bicyclic) bond motifs is 1. The number of nitrogens with zero attached hydrogens (tertiary/aromatic N) is 1. The smallest absolute Gasteiger partial charge is 0.407 e. The van der Waals surface area contributed by atoms with Crippen LogP contribution in [0.5, 0.6) is 0 Å². The number of ether oxygens (including phenoxy) is 1. The molecule has 0 saturated heterocycles. The fraction of sp³-hybridized carbons (Fsp3) is 0.353. The van der Waals surface area contributed by atoms with Gasteiger partial charge in [-0.25, -0.2) is 9.89 Å². The molecule has 120 valence electrons. The van der Waals surface area contributed by atoms with E-state index in [9.17, 15) is 9.59 Å². The lowest BCUT2D eigenvalue weighted by atomic mass is 10.0. The van der Waals surface area contributed by atoms with E-state index in [1.165, 1.54) is 17.2 Å². The van der Waals surface area contributed by atoms with Gasteiger partial charge in [-0.15, -0.1) is 0 Å². The molecule has 1 aromatic carbocycles. The molecule has 1 amide bonds. The number of nitrogens with one attached hydrogen (secondary N) is 2. The maximum Gasteiger partial charge on any atom is 0.407 e. The molecule has 1 aromatic heterocycles. The third-order valence-corrected chi connectivity index (χ3v) is 3.87. The van der Waals surface area contributed by atoms with Crippen molar-refractivity contribution in [1.82, 2.24) is 15.5 Å². The number of alkyl carbamates (subject to hydrolysis) is 1. The first kappa shape index (κ1) is 15.3. The van der Waals surface area contributed by atoms with Crippen molar-refractivity contribution >= 4 is 6.09 Å². The lowest BCUT2D eigenvalue weighted by Gasteiger charge is -2.11. The number of rotatable bonds is 4. The summed E-state index contributed by atoms with van der Waals surface area (Å²) in [4.78, 5) is 22.7. The maximum absolute atomic E-state index is 11.7. The van der Waals surface area contributed by atoms with E-state index in [2.05, 4.69) is 27.6 Å². The van der Waals surface area contributed by atoms with E-state index in [-0.39, 0.29) is 17.7 Å². The molecule has 1 atom stereocenters. The predicted octanol–water partition coefficient (Wildman–Crippen LogP) is 2.04. The van der Waals surface area contributed by atoms with Gasteiger partial charge in [0.05, 0.1) is 12.3 Å². The van der Waals surface area contributed by atoms with E-state index in [0.29, 0.717) is 6.61 Å². The number of aromatic amines is 1. The molecular formula is C17H19N3O3. The summed E-state index contributed by atoms with van der Waals surface area (Å²) in [6, 6.07) is 9.33. The summed E-state index contributed by atoms with van der Waals surface area (Å²) in [5.74, 6) is 0. The standard InChI is InChI=1S/C17H19N3O3/c1-2-7-23-17(22)18-14-9-11-3-4-12(8-13(11)10-14)15-5-6-16(21)20-19-15/h3-6,8,14H,2,7,9-10H2,1H3,(H,18,22)(H,20,21). The van der Waals surface area contributed by atoms with E-state index in [0.717, 1.165) is 30.5 Å². The molecule has 0 bridgehead atoms. The monoisotopic (exact) mass is 313 g/mol. The van der Waals surface area contributed by atoms with Gasteiger partial charge in [0.15, 0.2) is 0 Å². The second-order valence-electron chi connectivity index (χ2n) is 5.68. The largest absolute Gasteiger partial charge is 0.450 e. The molecule has 2 N–H and O–H groups in total. The molecule has 23 heavy (non-hydrogen) atoms. The average Bonchev–Trinajstić information content (AvgIpc) is 2.94. The minimum absolute atomic E-state index is 0.0631. The molecule has 2 aromatic rings. The van der Waals surface area contributed by atoms with Crippen molar-refractivity contribution in [2.75, 3.05) is 6.61 Å². The van der Waals surface area contributed by atoms with Crippen LogP contribution >= 0.6 is 0 Å². The highest BCUT2D eigenvalue weighted by Gasteiger charge is 2.23. The van der Waals surface area contributed by atoms with Crippen molar-refractivity contribution in [1.29, 1.82) is 0 Å². The van der Waals surface area contributed by atoms with E-state index in [4.69, 9.17) is 4.74 Å². The van der Waals surface area contributed by atoms with Crippen molar-refractivity contribution in [2.24, 2.45) is 0 Å². The Morgan fingerprint density at radius 1 is 1.30 bits per heavy atom. The van der Waals surface area contributed by atoms with E-state index >= 15 is 0 Å². The number of benzene rings is 1. The van der Waals surface area contributed by atoms with Gasteiger partial charge in [-0.2, -0.15) is 5.10 Å². The van der Waals surface area contributed by atoms with Crippen LogP contribution in [0.25, 0.3) is 11.3 Å². The second-order valence-corrected chi connectivity index (χ2v) is 5.68. The van der Waals surface area contributed by atoms with Crippen molar-refractivity contribution in [2.45, 2.75) is 32.2 Å². The number of hydrogen-bond donors (Lipinski definition) is 2. The Labute approximate surface area is 133 Å². The van der Waals surface area contributed by atoms with E-state index in [1.54, 1.807) is 6.07 Å². The van der Waals surface area contributed by atoms with E-state index < -0.39 is 0 Å². The van der Waals surface area contributed by atoms with Crippen LogP contribution in [0.1, 0.15) is 24.5 Å². The fourth-order valence-electron chi connectivity index (χ4n) is 2.79. The lowest BCUT2D eigenvalue weighted by Crippen LogP contribution is -2.35. The predicted molar refractivity (Wildman–Crippen MR) is 86.3 cm³/mol. The number of hydrogen-bond acceptors (Lipinski definition) is 4. The van der Waals surface area contributed by atoms with Crippen LogP contribution < -0.4 is 10.9 Å². The van der Waals surface area contributed by atoms with Crippen molar-refractivity contribution < 1.29 is 9.53 Å². The lowest BCUT2D eigenvalue weighted by molar-refractivity contribution is 0.142. The first-order valence-electron chi connectivity index (χ1n) is 7.77. The number of carbonyl (C=O) groups is 1. The minimum atomic E-state index is -0.354. The van der Waals surface area contributed by atoms with Crippen LogP contribution in [0.15, 0.2) is 35.1 Å². The van der Waals surface area contributed by atoms with Gasteiger partial charge in [-0.3, -0.25) is 4.79 Å². The Morgan fingerprint density at radius 3 is 2.87 bits per heavy atom. The average molecular weight is 313 g/mol. The van der Waals surface area contributed by atoms with Gasteiger partial charge in [0, 0.05) is 17.7 Å². The quantitative estimate of drug-likeness (QED) is 0.904. The zero-order valence-electron chi connectivity index (χ0n) is 13.0. The Morgan fingerprint density at radius 2 is 2.13 bits per heavy atom. The van der Waals surface area contributed by atoms with Gasteiger partial charge in [0.1, 0.15) is 0 Å². The highest BCUT2D eigenvalue weighted by molar-refractivity contribution is 5.68. The maximum atomic E-state index is 11.7. The third kappa shape index (κ3) is 3.59. The zero-order valence-corrected chi connectivity index (χ0v) is 13.0. The molecule has 1 heterocycles. The first-order valence-corrected chi connectivity index (χ1v) is 7.77. The summed E-state index contributed by atoms with van der Waals surface area (Å²) in [6.07, 6.45) is 2.03. The number of amides is 1. The number of H-pyrrole nitrogens is 1. The molecule has 0 fully saturated rings. The summed E-state index contributed by atoms with van der Waals surface area (Å²) < 4.78 is 5.06.